The van der Waals surface area contributed by atoms with Gasteiger partial charge in [-0.3, -0.25) is 9.36 Å². The Kier molecular flexibility index (Phi) is 5.24. The highest BCUT2D eigenvalue weighted by Gasteiger charge is 2.28. The van der Waals surface area contributed by atoms with Gasteiger partial charge in [0.15, 0.2) is 5.16 Å². The topological polar surface area (TPSA) is 89.0 Å². The van der Waals surface area contributed by atoms with E-state index in [9.17, 15) is 9.59 Å². The number of rotatable bonds is 8. The van der Waals surface area contributed by atoms with E-state index in [1.807, 2.05) is 31.2 Å². The summed E-state index contributed by atoms with van der Waals surface area (Å²) in [5.74, 6) is 0.913. The van der Waals surface area contributed by atoms with E-state index in [1.54, 1.807) is 4.57 Å². The fourth-order valence-electron chi connectivity index (χ4n) is 2.29. The minimum atomic E-state index is -0.202. The van der Waals surface area contributed by atoms with Gasteiger partial charge in [-0.2, -0.15) is 0 Å². The molecule has 1 aromatic carbocycles. The van der Waals surface area contributed by atoms with Crippen molar-refractivity contribution in [2.75, 3.05) is 18.9 Å². The van der Waals surface area contributed by atoms with Crippen molar-refractivity contribution in [3.8, 4) is 5.75 Å². The molecule has 3 rings (SSSR count). The quantitative estimate of drug-likeness (QED) is 0.557. The summed E-state index contributed by atoms with van der Waals surface area (Å²) in [5, 5.41) is 9.80. The first-order valence-corrected chi connectivity index (χ1v) is 8.88. The minimum Gasteiger partial charge on any atom is -0.492 e. The molecule has 0 radical (unpaired) electrons. The lowest BCUT2D eigenvalue weighted by Crippen LogP contribution is -2.29. The van der Waals surface area contributed by atoms with E-state index >= 15 is 0 Å². The SMILES string of the molecule is Cc1cccc(OCCNC(=O)CSc2n[nH]c(=O)n2C2CC2)c1. The Balaban J connectivity index is 1.38. The second kappa shape index (κ2) is 7.57. The van der Waals surface area contributed by atoms with Gasteiger partial charge in [-0.05, 0) is 37.5 Å². The average Bonchev–Trinajstić information content (AvgIpc) is 3.33. The summed E-state index contributed by atoms with van der Waals surface area (Å²) in [5.41, 5.74) is 0.931. The number of hydrogen-bond donors (Lipinski definition) is 2. The maximum absolute atomic E-state index is 11.9. The number of aryl methyl sites for hydroxylation is 1. The summed E-state index contributed by atoms with van der Waals surface area (Å²) in [6.45, 7) is 2.85. The van der Waals surface area contributed by atoms with Crippen molar-refractivity contribution in [2.45, 2.75) is 31.0 Å². The predicted molar refractivity (Wildman–Crippen MR) is 91.5 cm³/mol. The highest BCUT2D eigenvalue weighted by molar-refractivity contribution is 7.99. The van der Waals surface area contributed by atoms with Crippen LogP contribution >= 0.6 is 11.8 Å². The number of thioether (sulfide) groups is 1. The first kappa shape index (κ1) is 16.6. The fourth-order valence-corrected chi connectivity index (χ4v) is 3.14. The maximum Gasteiger partial charge on any atom is 0.344 e. The number of H-pyrrole nitrogens is 1. The number of amides is 1. The number of benzene rings is 1. The molecule has 2 aromatic rings. The van der Waals surface area contributed by atoms with Gasteiger partial charge in [0.2, 0.25) is 5.91 Å². The van der Waals surface area contributed by atoms with Gasteiger partial charge in [-0.25, -0.2) is 9.89 Å². The molecule has 8 heteroatoms. The third-order valence-electron chi connectivity index (χ3n) is 3.60. The maximum atomic E-state index is 11.9. The molecule has 7 nitrogen and oxygen atoms in total. The van der Waals surface area contributed by atoms with Crippen molar-refractivity contribution in [1.29, 1.82) is 0 Å². The molecule has 24 heavy (non-hydrogen) atoms. The van der Waals surface area contributed by atoms with Crippen LogP contribution in [0.3, 0.4) is 0 Å². The molecule has 1 aliphatic carbocycles. The van der Waals surface area contributed by atoms with E-state index < -0.39 is 0 Å². The first-order valence-electron chi connectivity index (χ1n) is 7.89. The van der Waals surface area contributed by atoms with Crippen molar-refractivity contribution in [3.63, 3.8) is 0 Å². The van der Waals surface area contributed by atoms with Gasteiger partial charge in [0.25, 0.3) is 0 Å². The second-order valence-electron chi connectivity index (χ2n) is 5.72. The smallest absolute Gasteiger partial charge is 0.344 e. The highest BCUT2D eigenvalue weighted by Crippen LogP contribution is 2.35. The van der Waals surface area contributed by atoms with Gasteiger partial charge in [0, 0.05) is 6.04 Å². The zero-order valence-corrected chi connectivity index (χ0v) is 14.3. The van der Waals surface area contributed by atoms with Crippen LogP contribution in [-0.4, -0.2) is 39.6 Å². The highest BCUT2D eigenvalue weighted by atomic mass is 32.2. The minimum absolute atomic E-state index is 0.106. The van der Waals surface area contributed by atoms with Crippen molar-refractivity contribution in [3.05, 3.63) is 40.3 Å². The van der Waals surface area contributed by atoms with Gasteiger partial charge in [0.1, 0.15) is 12.4 Å². The fraction of sp³-hybridized carbons (Fsp3) is 0.438. The van der Waals surface area contributed by atoms with E-state index in [-0.39, 0.29) is 23.4 Å². The molecular weight excluding hydrogens is 328 g/mol. The molecule has 1 aromatic heterocycles. The summed E-state index contributed by atoms with van der Waals surface area (Å²) in [6.07, 6.45) is 1.99. The molecule has 0 saturated heterocycles. The van der Waals surface area contributed by atoms with Gasteiger partial charge >= 0.3 is 5.69 Å². The molecule has 1 amide bonds. The van der Waals surface area contributed by atoms with Gasteiger partial charge in [-0.15, -0.1) is 5.10 Å². The Morgan fingerprint density at radius 2 is 2.33 bits per heavy atom. The molecule has 1 aliphatic rings. The average molecular weight is 348 g/mol. The third kappa shape index (κ3) is 4.41. The normalized spacial score (nSPS) is 13.7. The number of ether oxygens (including phenoxy) is 1. The molecule has 0 unspecified atom stereocenters. The summed E-state index contributed by atoms with van der Waals surface area (Å²) < 4.78 is 7.22. The molecule has 1 heterocycles. The Bertz CT molecular complexity index is 767. The number of aromatic amines is 1. The van der Waals surface area contributed by atoms with Crippen molar-refractivity contribution in [1.82, 2.24) is 20.1 Å². The largest absolute Gasteiger partial charge is 0.492 e. The van der Waals surface area contributed by atoms with Crippen LogP contribution in [0.1, 0.15) is 24.4 Å². The summed E-state index contributed by atoms with van der Waals surface area (Å²) in [4.78, 5) is 23.5. The van der Waals surface area contributed by atoms with Crippen LogP contribution in [0.15, 0.2) is 34.2 Å². The van der Waals surface area contributed by atoms with Crippen molar-refractivity contribution >= 4 is 17.7 Å². The lowest BCUT2D eigenvalue weighted by Gasteiger charge is -2.08. The number of carbonyl (C=O) groups excluding carboxylic acids is 1. The molecule has 0 bridgehead atoms. The second-order valence-corrected chi connectivity index (χ2v) is 6.66. The van der Waals surface area contributed by atoms with Crippen molar-refractivity contribution < 1.29 is 9.53 Å². The van der Waals surface area contributed by atoms with Crippen LogP contribution in [0.4, 0.5) is 0 Å². The van der Waals surface area contributed by atoms with Gasteiger partial charge < -0.3 is 10.1 Å². The zero-order chi connectivity index (χ0) is 16.9. The Morgan fingerprint density at radius 3 is 3.08 bits per heavy atom. The van der Waals surface area contributed by atoms with Gasteiger partial charge in [-0.1, -0.05) is 23.9 Å². The van der Waals surface area contributed by atoms with E-state index in [4.69, 9.17) is 4.74 Å². The number of carbonyl (C=O) groups is 1. The number of nitrogens with one attached hydrogen (secondary N) is 2. The van der Waals surface area contributed by atoms with Crippen molar-refractivity contribution in [2.24, 2.45) is 0 Å². The number of aromatic nitrogens is 3. The Labute approximate surface area is 143 Å². The van der Waals surface area contributed by atoms with Crippen LogP contribution in [0.2, 0.25) is 0 Å². The van der Waals surface area contributed by atoms with E-state index in [1.165, 1.54) is 11.8 Å². The van der Waals surface area contributed by atoms with Gasteiger partial charge in [0.05, 0.1) is 12.3 Å². The third-order valence-corrected chi connectivity index (χ3v) is 4.55. The monoisotopic (exact) mass is 348 g/mol. The molecule has 2 N–H and O–H groups in total. The lowest BCUT2D eigenvalue weighted by molar-refractivity contribution is -0.118. The first-order chi connectivity index (χ1) is 11.6. The number of nitrogens with zero attached hydrogens (tertiary/aromatic N) is 2. The molecule has 0 aliphatic heterocycles. The summed E-state index contributed by atoms with van der Waals surface area (Å²) in [7, 11) is 0. The predicted octanol–water partition coefficient (Wildman–Crippen LogP) is 1.50. The Hall–Kier alpha value is -2.22. The van der Waals surface area contributed by atoms with E-state index in [2.05, 4.69) is 15.5 Å². The summed E-state index contributed by atoms with van der Waals surface area (Å²) >= 11 is 1.27. The molecule has 0 spiro atoms. The molecule has 0 atom stereocenters. The van der Waals surface area contributed by atoms with Crippen LogP contribution in [0.5, 0.6) is 5.75 Å². The standard InChI is InChI=1S/C16H20N4O3S/c1-11-3-2-4-13(9-11)23-8-7-17-14(21)10-24-16-19-18-15(22)20(16)12-5-6-12/h2-4,9,12H,5-8,10H2,1H3,(H,17,21)(H,18,22). The van der Waals surface area contributed by atoms with E-state index in [0.717, 1.165) is 24.2 Å². The van der Waals surface area contributed by atoms with Crippen LogP contribution < -0.4 is 15.7 Å². The van der Waals surface area contributed by atoms with Crippen LogP contribution in [-0.2, 0) is 4.79 Å². The number of hydrogen-bond acceptors (Lipinski definition) is 5. The zero-order valence-electron chi connectivity index (χ0n) is 13.4. The Morgan fingerprint density at radius 1 is 1.50 bits per heavy atom. The summed E-state index contributed by atoms with van der Waals surface area (Å²) in [6, 6.07) is 8.02. The lowest BCUT2D eigenvalue weighted by atomic mass is 10.2. The van der Waals surface area contributed by atoms with Crippen LogP contribution in [0.25, 0.3) is 0 Å². The molecule has 1 fully saturated rings. The van der Waals surface area contributed by atoms with E-state index in [0.29, 0.717) is 18.3 Å². The molecule has 128 valence electrons. The van der Waals surface area contributed by atoms with Crippen LogP contribution in [0, 0.1) is 6.92 Å². The molecular formula is C16H20N4O3S. The molecule has 1 saturated carbocycles.